The third-order valence-electron chi connectivity index (χ3n) is 2.25. The van der Waals surface area contributed by atoms with E-state index in [-0.39, 0.29) is 21.4 Å². The Balaban J connectivity index is 2.43. The zero-order valence-corrected chi connectivity index (χ0v) is 11.7. The number of benzene rings is 1. The molecular weight excluding hydrogens is 306 g/mol. The monoisotopic (exact) mass is 315 g/mol. The Labute approximate surface area is 117 Å². The first-order chi connectivity index (χ1) is 9.29. The molecule has 20 heavy (non-hydrogen) atoms. The minimum atomic E-state index is -4.06. The number of nitrogens with one attached hydrogen (secondary N) is 1. The first-order valence-electron chi connectivity index (χ1n) is 5.16. The van der Waals surface area contributed by atoms with Crippen LogP contribution in [-0.2, 0) is 10.0 Å². The van der Waals surface area contributed by atoms with E-state index in [1.54, 1.807) is 6.92 Å². The topological polar surface area (TPSA) is 141 Å². The lowest BCUT2D eigenvalue weighted by atomic mass is 10.3. The van der Waals surface area contributed by atoms with Crippen molar-refractivity contribution in [1.29, 1.82) is 0 Å². The maximum atomic E-state index is 12.1. The minimum absolute atomic E-state index is 0.0633. The van der Waals surface area contributed by atoms with Gasteiger partial charge in [0.05, 0.1) is 10.6 Å². The summed E-state index contributed by atoms with van der Waals surface area (Å²) in [5.41, 5.74) is 5.10. The summed E-state index contributed by atoms with van der Waals surface area (Å²) in [6.07, 6.45) is 0. The van der Waals surface area contributed by atoms with Crippen LogP contribution in [0.5, 0.6) is 0 Å². The molecule has 0 aliphatic carbocycles. The number of nitrogens with two attached hydrogens (primary N) is 1. The second-order valence-corrected chi connectivity index (χ2v) is 6.13. The van der Waals surface area contributed by atoms with E-state index in [2.05, 4.69) is 14.1 Å². The maximum Gasteiger partial charge on any atom is 0.270 e. The lowest BCUT2D eigenvalue weighted by Gasteiger charge is -2.07. The summed E-state index contributed by atoms with van der Waals surface area (Å²) < 4.78 is 30.3. The molecule has 0 aliphatic heterocycles. The van der Waals surface area contributed by atoms with Crippen LogP contribution in [0.2, 0.25) is 0 Å². The molecule has 1 aromatic heterocycles. The van der Waals surface area contributed by atoms with Crippen LogP contribution in [0.25, 0.3) is 0 Å². The molecule has 0 radical (unpaired) electrons. The van der Waals surface area contributed by atoms with E-state index in [1.165, 1.54) is 0 Å². The molecule has 1 heterocycles. The number of hydrogen-bond donors (Lipinski definition) is 2. The Morgan fingerprint density at radius 2 is 2.15 bits per heavy atom. The summed E-state index contributed by atoms with van der Waals surface area (Å²) in [6, 6.07) is 3.19. The molecule has 0 amide bonds. The van der Waals surface area contributed by atoms with E-state index in [4.69, 9.17) is 5.73 Å². The van der Waals surface area contributed by atoms with Gasteiger partial charge in [0.25, 0.3) is 15.7 Å². The van der Waals surface area contributed by atoms with Gasteiger partial charge in [0, 0.05) is 23.7 Å². The number of hydrogen-bond acceptors (Lipinski definition) is 8. The van der Waals surface area contributed by atoms with Crippen LogP contribution in [0, 0.1) is 17.0 Å². The molecule has 0 unspecified atom stereocenters. The Hall–Kier alpha value is -2.27. The number of nitrogens with zero attached hydrogens (tertiary/aromatic N) is 3. The van der Waals surface area contributed by atoms with Gasteiger partial charge in [-0.2, -0.15) is 4.37 Å². The molecule has 0 atom stereocenters. The highest BCUT2D eigenvalue weighted by Gasteiger charge is 2.22. The molecule has 0 spiro atoms. The molecule has 0 fully saturated rings. The standard InChI is InChI=1S/C9H9N5O4S2/c1-5-11-9(19-12-5)13-20(17,18)8-4-6(14(15)16)2-3-7(8)10/h2-4H,10H2,1H3,(H,11,12,13). The fourth-order valence-electron chi connectivity index (χ4n) is 1.38. The van der Waals surface area contributed by atoms with E-state index in [0.29, 0.717) is 5.82 Å². The van der Waals surface area contributed by atoms with Gasteiger partial charge >= 0.3 is 0 Å². The number of nitro groups is 1. The van der Waals surface area contributed by atoms with Crippen molar-refractivity contribution >= 4 is 38.1 Å². The molecule has 0 bridgehead atoms. The van der Waals surface area contributed by atoms with Crippen LogP contribution in [0.3, 0.4) is 0 Å². The number of sulfonamides is 1. The zero-order valence-electron chi connectivity index (χ0n) is 10.1. The Morgan fingerprint density at radius 1 is 1.45 bits per heavy atom. The van der Waals surface area contributed by atoms with Crippen molar-refractivity contribution in [3.05, 3.63) is 34.1 Å². The maximum absolute atomic E-state index is 12.1. The van der Waals surface area contributed by atoms with Gasteiger partial charge in [0.2, 0.25) is 5.13 Å². The number of nitrogen functional groups attached to an aromatic ring is 1. The van der Waals surface area contributed by atoms with Crippen molar-refractivity contribution in [2.75, 3.05) is 10.5 Å². The fraction of sp³-hybridized carbons (Fsp3) is 0.111. The Kier molecular flexibility index (Phi) is 3.55. The lowest BCUT2D eigenvalue weighted by molar-refractivity contribution is -0.385. The molecule has 9 nitrogen and oxygen atoms in total. The fourth-order valence-corrected chi connectivity index (χ4v) is 3.33. The summed E-state index contributed by atoms with van der Waals surface area (Å²) in [5, 5.41) is 10.7. The van der Waals surface area contributed by atoms with Crippen LogP contribution in [0.4, 0.5) is 16.5 Å². The first-order valence-corrected chi connectivity index (χ1v) is 7.42. The van der Waals surface area contributed by atoms with Crippen molar-refractivity contribution in [3.63, 3.8) is 0 Å². The van der Waals surface area contributed by atoms with Crippen LogP contribution in [0.1, 0.15) is 5.82 Å². The third-order valence-corrected chi connectivity index (χ3v) is 4.49. The van der Waals surface area contributed by atoms with Gasteiger partial charge in [-0.05, 0) is 13.0 Å². The molecule has 1 aromatic carbocycles. The van der Waals surface area contributed by atoms with Crippen molar-refractivity contribution in [3.8, 4) is 0 Å². The average Bonchev–Trinajstić information content (AvgIpc) is 2.73. The van der Waals surface area contributed by atoms with Gasteiger partial charge in [0.1, 0.15) is 10.7 Å². The van der Waals surface area contributed by atoms with Crippen LogP contribution in [0.15, 0.2) is 23.1 Å². The summed E-state index contributed by atoms with van der Waals surface area (Å²) in [7, 11) is -4.06. The summed E-state index contributed by atoms with van der Waals surface area (Å²) in [6.45, 7) is 1.61. The first kappa shape index (κ1) is 14.1. The normalized spacial score (nSPS) is 11.2. The number of rotatable bonds is 4. The molecule has 3 N–H and O–H groups in total. The van der Waals surface area contributed by atoms with Gasteiger partial charge in [0.15, 0.2) is 0 Å². The van der Waals surface area contributed by atoms with Gasteiger partial charge in [-0.15, -0.1) is 0 Å². The average molecular weight is 315 g/mol. The SMILES string of the molecule is Cc1nsc(NS(=O)(=O)c2cc([N+](=O)[O-])ccc2N)n1. The van der Waals surface area contributed by atoms with Crippen molar-refractivity contribution in [1.82, 2.24) is 9.36 Å². The molecule has 0 aliphatic rings. The predicted molar refractivity (Wildman–Crippen MR) is 73.0 cm³/mol. The van der Waals surface area contributed by atoms with E-state index in [9.17, 15) is 18.5 Å². The van der Waals surface area contributed by atoms with Crippen molar-refractivity contribution in [2.24, 2.45) is 0 Å². The number of aromatic nitrogens is 2. The minimum Gasteiger partial charge on any atom is -0.398 e. The van der Waals surface area contributed by atoms with Crippen LogP contribution < -0.4 is 10.5 Å². The zero-order chi connectivity index (χ0) is 14.9. The smallest absolute Gasteiger partial charge is 0.270 e. The number of anilines is 2. The van der Waals surface area contributed by atoms with Gasteiger partial charge in [-0.25, -0.2) is 13.4 Å². The van der Waals surface area contributed by atoms with Crippen LogP contribution >= 0.6 is 11.5 Å². The second-order valence-electron chi connectivity index (χ2n) is 3.73. The van der Waals surface area contributed by atoms with Gasteiger partial charge < -0.3 is 5.73 Å². The van der Waals surface area contributed by atoms with Crippen molar-refractivity contribution in [2.45, 2.75) is 11.8 Å². The molecule has 106 valence electrons. The summed E-state index contributed by atoms with van der Waals surface area (Å²) in [5.74, 6) is 0.416. The van der Waals surface area contributed by atoms with E-state index < -0.39 is 14.9 Å². The highest BCUT2D eigenvalue weighted by molar-refractivity contribution is 7.93. The van der Waals surface area contributed by atoms with E-state index >= 15 is 0 Å². The van der Waals surface area contributed by atoms with Gasteiger partial charge in [-0.3, -0.25) is 14.8 Å². The lowest BCUT2D eigenvalue weighted by Crippen LogP contribution is -2.15. The molecule has 2 rings (SSSR count). The largest absolute Gasteiger partial charge is 0.398 e. The number of non-ortho nitro benzene ring substituents is 1. The van der Waals surface area contributed by atoms with E-state index in [0.717, 1.165) is 29.7 Å². The van der Waals surface area contributed by atoms with Gasteiger partial charge in [-0.1, -0.05) is 0 Å². The molecular formula is C9H9N5O4S2. The molecule has 0 saturated carbocycles. The van der Waals surface area contributed by atoms with Crippen LogP contribution in [-0.4, -0.2) is 22.7 Å². The second kappa shape index (κ2) is 5.02. The molecule has 11 heteroatoms. The predicted octanol–water partition coefficient (Wildman–Crippen LogP) is 1.14. The molecule has 0 saturated heterocycles. The van der Waals surface area contributed by atoms with Crippen molar-refractivity contribution < 1.29 is 13.3 Å². The highest BCUT2D eigenvalue weighted by atomic mass is 32.2. The Morgan fingerprint density at radius 3 is 2.70 bits per heavy atom. The number of nitro benzene ring substituents is 1. The van der Waals surface area contributed by atoms with E-state index in [1.807, 2.05) is 0 Å². The summed E-state index contributed by atoms with van der Waals surface area (Å²) in [4.78, 5) is 13.5. The highest BCUT2D eigenvalue weighted by Crippen LogP contribution is 2.26. The number of aryl methyl sites for hydroxylation is 1. The quantitative estimate of drug-likeness (QED) is 0.489. The Bertz CT molecular complexity index is 770. The third kappa shape index (κ3) is 2.83. The summed E-state index contributed by atoms with van der Waals surface area (Å²) >= 11 is 0.861. The molecule has 2 aromatic rings.